The van der Waals surface area contributed by atoms with Crippen molar-refractivity contribution in [3.8, 4) is 5.75 Å². The van der Waals surface area contributed by atoms with Crippen LogP contribution >= 0.6 is 0 Å². The van der Waals surface area contributed by atoms with Crippen LogP contribution in [0.3, 0.4) is 0 Å². The Hall–Kier alpha value is -1.13. The second-order valence-electron chi connectivity index (χ2n) is 6.47. The van der Waals surface area contributed by atoms with Crippen molar-refractivity contribution < 1.29 is 13.9 Å². The first-order valence-electron chi connectivity index (χ1n) is 8.42. The van der Waals surface area contributed by atoms with Crippen LogP contribution in [0.4, 0.5) is 4.39 Å². The number of piperidine rings is 1. The summed E-state index contributed by atoms with van der Waals surface area (Å²) in [6.45, 7) is 4.35. The van der Waals surface area contributed by atoms with Crippen LogP contribution in [0, 0.1) is 11.7 Å². The van der Waals surface area contributed by atoms with Gasteiger partial charge in [-0.1, -0.05) is 6.07 Å². The van der Waals surface area contributed by atoms with Crippen LogP contribution < -0.4 is 4.74 Å². The maximum Gasteiger partial charge on any atom is 0.165 e. The zero-order valence-corrected chi connectivity index (χ0v) is 13.4. The van der Waals surface area contributed by atoms with Crippen molar-refractivity contribution in [1.82, 2.24) is 4.90 Å². The highest BCUT2D eigenvalue weighted by atomic mass is 19.1. The number of hydrogen-bond acceptors (Lipinski definition) is 3. The fourth-order valence-corrected chi connectivity index (χ4v) is 3.74. The first-order valence-corrected chi connectivity index (χ1v) is 8.42. The number of fused-ring (bicyclic) bond motifs is 1. The molecule has 2 aliphatic rings. The van der Waals surface area contributed by atoms with E-state index < -0.39 is 0 Å². The van der Waals surface area contributed by atoms with Crippen LogP contribution in [0.25, 0.3) is 0 Å². The molecule has 0 amide bonds. The lowest BCUT2D eigenvalue weighted by atomic mass is 9.88. The summed E-state index contributed by atoms with van der Waals surface area (Å²) >= 11 is 0. The van der Waals surface area contributed by atoms with Gasteiger partial charge in [-0.3, -0.25) is 0 Å². The van der Waals surface area contributed by atoms with Gasteiger partial charge in [0.05, 0.1) is 13.2 Å². The summed E-state index contributed by atoms with van der Waals surface area (Å²) in [7, 11) is 1.50. The smallest absolute Gasteiger partial charge is 0.165 e. The molecule has 0 aliphatic carbocycles. The van der Waals surface area contributed by atoms with Crippen LogP contribution in [-0.2, 0) is 11.2 Å². The topological polar surface area (TPSA) is 21.7 Å². The van der Waals surface area contributed by atoms with E-state index in [1.54, 1.807) is 12.1 Å². The number of methoxy groups -OCH3 is 1. The standard InChI is InChI=1S/C18H26FNO2/c1-21-18-7-6-14(12-16(18)19)4-2-9-20-10-8-17-15(13-20)5-3-11-22-17/h6-7,12,15,17H,2-5,8-11,13H2,1H3/t15-,17-/m1/s1. The van der Waals surface area contributed by atoms with E-state index in [0.29, 0.717) is 11.9 Å². The minimum atomic E-state index is -0.264. The van der Waals surface area contributed by atoms with Gasteiger partial charge >= 0.3 is 0 Å². The molecule has 0 N–H and O–H groups in total. The molecule has 3 nitrogen and oxygen atoms in total. The summed E-state index contributed by atoms with van der Waals surface area (Å²) < 4.78 is 24.5. The fourth-order valence-electron chi connectivity index (χ4n) is 3.74. The molecule has 22 heavy (non-hydrogen) atoms. The zero-order valence-electron chi connectivity index (χ0n) is 13.4. The normalized spacial score (nSPS) is 25.7. The van der Waals surface area contributed by atoms with Crippen molar-refractivity contribution >= 4 is 0 Å². The van der Waals surface area contributed by atoms with E-state index >= 15 is 0 Å². The minimum absolute atomic E-state index is 0.264. The molecular weight excluding hydrogens is 281 g/mol. The lowest BCUT2D eigenvalue weighted by Gasteiger charge is -2.41. The molecule has 0 aromatic heterocycles. The number of hydrogen-bond donors (Lipinski definition) is 0. The van der Waals surface area contributed by atoms with E-state index in [1.807, 2.05) is 6.07 Å². The van der Waals surface area contributed by atoms with Gasteiger partial charge < -0.3 is 14.4 Å². The Bertz CT molecular complexity index is 494. The molecule has 1 aromatic carbocycles. The Morgan fingerprint density at radius 1 is 1.36 bits per heavy atom. The van der Waals surface area contributed by atoms with Crippen molar-refractivity contribution in [3.63, 3.8) is 0 Å². The number of likely N-dealkylation sites (tertiary alicyclic amines) is 1. The molecule has 0 radical (unpaired) electrons. The first kappa shape index (κ1) is 15.8. The van der Waals surface area contributed by atoms with Crippen LogP contribution in [0.2, 0.25) is 0 Å². The molecule has 0 saturated carbocycles. The highest BCUT2D eigenvalue weighted by Gasteiger charge is 2.31. The Morgan fingerprint density at radius 3 is 3.09 bits per heavy atom. The second kappa shape index (κ2) is 7.42. The minimum Gasteiger partial charge on any atom is -0.494 e. The zero-order chi connectivity index (χ0) is 15.4. The van der Waals surface area contributed by atoms with Gasteiger partial charge in [0.2, 0.25) is 0 Å². The molecule has 3 rings (SSSR count). The Kier molecular flexibility index (Phi) is 5.32. The molecular formula is C18H26FNO2. The summed E-state index contributed by atoms with van der Waals surface area (Å²) in [5.74, 6) is 0.782. The molecule has 2 fully saturated rings. The van der Waals surface area contributed by atoms with Gasteiger partial charge in [-0.2, -0.15) is 0 Å². The first-order chi connectivity index (χ1) is 10.8. The van der Waals surface area contributed by atoms with Crippen molar-refractivity contribution in [2.45, 2.75) is 38.2 Å². The number of aryl methyl sites for hydroxylation is 1. The lowest BCUT2D eigenvalue weighted by molar-refractivity contribution is -0.0661. The number of ether oxygens (including phenoxy) is 2. The van der Waals surface area contributed by atoms with Crippen molar-refractivity contribution in [2.75, 3.05) is 33.4 Å². The van der Waals surface area contributed by atoms with Gasteiger partial charge in [-0.15, -0.1) is 0 Å². The van der Waals surface area contributed by atoms with Crippen molar-refractivity contribution in [1.29, 1.82) is 0 Å². The SMILES string of the molecule is COc1ccc(CCCN2CC[C@H]3OCCC[C@@H]3C2)cc1F. The fraction of sp³-hybridized carbons (Fsp3) is 0.667. The maximum absolute atomic E-state index is 13.7. The largest absolute Gasteiger partial charge is 0.494 e. The van der Waals surface area contributed by atoms with Crippen LogP contribution in [-0.4, -0.2) is 44.4 Å². The van der Waals surface area contributed by atoms with E-state index in [4.69, 9.17) is 9.47 Å². The highest BCUT2D eigenvalue weighted by molar-refractivity contribution is 5.29. The summed E-state index contributed by atoms with van der Waals surface area (Å²) in [5.41, 5.74) is 1.05. The van der Waals surface area contributed by atoms with Gasteiger partial charge in [0, 0.05) is 19.7 Å². The number of benzene rings is 1. The molecule has 4 heteroatoms. The maximum atomic E-state index is 13.7. The number of rotatable bonds is 5. The summed E-state index contributed by atoms with van der Waals surface area (Å²) in [5, 5.41) is 0. The molecule has 2 aliphatic heterocycles. The van der Waals surface area contributed by atoms with Crippen molar-refractivity contribution in [3.05, 3.63) is 29.6 Å². The predicted octanol–water partition coefficient (Wildman–Crippen LogP) is 3.27. The molecule has 2 heterocycles. The number of halogens is 1. The number of nitrogens with zero attached hydrogens (tertiary/aromatic N) is 1. The predicted molar refractivity (Wildman–Crippen MR) is 84.8 cm³/mol. The molecule has 0 bridgehead atoms. The van der Waals surface area contributed by atoms with E-state index in [9.17, 15) is 4.39 Å². The summed E-state index contributed by atoms with van der Waals surface area (Å²) in [4.78, 5) is 2.55. The summed E-state index contributed by atoms with van der Waals surface area (Å²) in [6, 6.07) is 5.28. The van der Waals surface area contributed by atoms with E-state index in [1.165, 1.54) is 32.9 Å². The molecule has 2 saturated heterocycles. The average Bonchev–Trinajstić information content (AvgIpc) is 2.55. The summed E-state index contributed by atoms with van der Waals surface area (Å²) in [6.07, 6.45) is 6.18. The Labute approximate surface area is 132 Å². The molecule has 2 atom stereocenters. The van der Waals surface area contributed by atoms with Gasteiger partial charge in [-0.25, -0.2) is 4.39 Å². The van der Waals surface area contributed by atoms with Crippen molar-refractivity contribution in [2.24, 2.45) is 5.92 Å². The third kappa shape index (κ3) is 3.79. The van der Waals surface area contributed by atoms with Crippen LogP contribution in [0.5, 0.6) is 5.75 Å². The van der Waals surface area contributed by atoms with Gasteiger partial charge in [-0.05, 0) is 62.3 Å². The Morgan fingerprint density at radius 2 is 2.27 bits per heavy atom. The quantitative estimate of drug-likeness (QED) is 0.833. The molecule has 122 valence electrons. The van der Waals surface area contributed by atoms with E-state index in [2.05, 4.69) is 4.90 Å². The van der Waals surface area contributed by atoms with Gasteiger partial charge in [0.15, 0.2) is 11.6 Å². The monoisotopic (exact) mass is 307 g/mol. The molecule has 0 unspecified atom stereocenters. The lowest BCUT2D eigenvalue weighted by Crippen LogP contribution is -2.46. The highest BCUT2D eigenvalue weighted by Crippen LogP contribution is 2.28. The third-order valence-corrected chi connectivity index (χ3v) is 4.96. The second-order valence-corrected chi connectivity index (χ2v) is 6.47. The third-order valence-electron chi connectivity index (χ3n) is 4.96. The average molecular weight is 307 g/mol. The van der Waals surface area contributed by atoms with E-state index in [-0.39, 0.29) is 5.82 Å². The molecule has 1 aromatic rings. The Balaban J connectivity index is 1.44. The van der Waals surface area contributed by atoms with E-state index in [0.717, 1.165) is 44.0 Å². The van der Waals surface area contributed by atoms with Gasteiger partial charge in [0.25, 0.3) is 0 Å². The van der Waals surface area contributed by atoms with Crippen LogP contribution in [0.15, 0.2) is 18.2 Å². The molecule has 0 spiro atoms. The van der Waals surface area contributed by atoms with Crippen LogP contribution in [0.1, 0.15) is 31.2 Å². The van der Waals surface area contributed by atoms with Gasteiger partial charge in [0.1, 0.15) is 0 Å².